The van der Waals surface area contributed by atoms with Crippen LogP contribution in [0.15, 0.2) is 12.7 Å². The molecule has 28 heteroatoms. The molecule has 10 N–H and O–H groups in total. The van der Waals surface area contributed by atoms with E-state index in [2.05, 4.69) is 34.4 Å². The summed E-state index contributed by atoms with van der Waals surface area (Å²) in [7, 11) is -16.4. The van der Waals surface area contributed by atoms with Gasteiger partial charge in [-0.15, -0.1) is 0 Å². The lowest BCUT2D eigenvalue weighted by Crippen LogP contribution is -2.46. The van der Waals surface area contributed by atoms with Crippen LogP contribution in [0.5, 0.6) is 0 Å². The van der Waals surface area contributed by atoms with Crippen molar-refractivity contribution in [3.63, 3.8) is 0 Å². The minimum absolute atomic E-state index is 0.00310. The van der Waals surface area contributed by atoms with Crippen LogP contribution in [0.25, 0.3) is 11.2 Å². The minimum Gasteiger partial charge on any atom is -0.386 e. The highest BCUT2D eigenvalue weighted by Crippen LogP contribution is 2.61. The van der Waals surface area contributed by atoms with E-state index >= 15 is 0 Å². The number of nitrogen functional groups attached to an aromatic ring is 1. The zero-order valence-electron chi connectivity index (χ0n) is 27.8. The summed E-state index contributed by atoms with van der Waals surface area (Å²) in [5, 5.41) is 26.3. The van der Waals surface area contributed by atoms with Gasteiger partial charge in [-0.2, -0.15) is 16.1 Å². The van der Waals surface area contributed by atoms with Crippen LogP contribution in [0, 0.1) is 5.41 Å². The van der Waals surface area contributed by atoms with E-state index in [1.54, 1.807) is 0 Å². The van der Waals surface area contributed by atoms with E-state index in [-0.39, 0.29) is 35.7 Å². The number of imidazole rings is 1. The fourth-order valence-electron chi connectivity index (χ4n) is 4.42. The average molecular weight is 824 g/mol. The third-order valence-corrected chi connectivity index (χ3v) is 11.2. The predicted octanol–water partition coefficient (Wildman–Crippen LogP) is -1.27. The summed E-state index contributed by atoms with van der Waals surface area (Å²) in [4.78, 5) is 86.1. The zero-order valence-corrected chi connectivity index (χ0v) is 31.3. The second-order valence-corrected chi connectivity index (χ2v) is 17.2. The largest absolute Gasteiger partial charge is 0.481 e. The Kier molecular flexibility index (Phi) is 15.4. The molecule has 0 saturated carbocycles. The van der Waals surface area contributed by atoms with Crippen molar-refractivity contribution in [1.82, 2.24) is 30.2 Å². The smallest absolute Gasteiger partial charge is 0.386 e. The number of thioether (sulfide) groups is 1. The number of nitrogens with zero attached hydrogens (tertiary/aromatic N) is 4. The third kappa shape index (κ3) is 13.1. The zero-order chi connectivity index (χ0) is 39.1. The molecule has 1 aliphatic rings. The Morgan fingerprint density at radius 3 is 2.40 bits per heavy atom. The lowest BCUT2D eigenvalue weighted by molar-refractivity contribution is -0.137. The number of phosphoric ester groups is 3. The molecule has 52 heavy (non-hydrogen) atoms. The maximum atomic E-state index is 12.6. The Hall–Kier alpha value is -2.44. The molecule has 1 saturated heterocycles. The quantitative estimate of drug-likeness (QED) is 0.0523. The molecule has 7 unspecified atom stereocenters. The number of hydrogen-bond acceptors (Lipinski definition) is 18. The highest BCUT2D eigenvalue weighted by molar-refractivity contribution is 7.99. The summed E-state index contributed by atoms with van der Waals surface area (Å²) in [5.74, 6) is -0.581. The van der Waals surface area contributed by atoms with Crippen molar-refractivity contribution >= 4 is 69.8 Å². The van der Waals surface area contributed by atoms with Crippen molar-refractivity contribution in [3.8, 4) is 0 Å². The molecule has 0 bridgehead atoms. The second kappa shape index (κ2) is 18.3. The van der Waals surface area contributed by atoms with E-state index in [4.69, 9.17) is 19.5 Å². The van der Waals surface area contributed by atoms with Gasteiger partial charge in [-0.05, 0) is 6.92 Å². The molecule has 3 rings (SSSR count). The number of aromatic nitrogens is 4. The van der Waals surface area contributed by atoms with Crippen LogP contribution >= 0.6 is 35.2 Å². The van der Waals surface area contributed by atoms with Gasteiger partial charge in [0.05, 0.1) is 25.3 Å². The van der Waals surface area contributed by atoms with Gasteiger partial charge in [0, 0.05) is 30.7 Å². The number of anilines is 1. The van der Waals surface area contributed by atoms with Gasteiger partial charge in [0.2, 0.25) is 11.8 Å². The molecule has 2 amide bonds. The lowest BCUT2D eigenvalue weighted by Gasteiger charge is -2.30. The molecule has 0 spiro atoms. The molecule has 1 fully saturated rings. The average Bonchev–Trinajstić information content (AvgIpc) is 3.58. The number of nitrogens with two attached hydrogens (primary N) is 1. The molecule has 1 aliphatic heterocycles. The number of fused-ring (bicyclic) bond motifs is 1. The fourth-order valence-corrected chi connectivity index (χ4v) is 7.93. The molecular weight excluding hydrogens is 783 g/mol. The Balaban J connectivity index is 1.53. The van der Waals surface area contributed by atoms with Crippen molar-refractivity contribution in [1.29, 1.82) is 0 Å². The van der Waals surface area contributed by atoms with Crippen LogP contribution in [0.3, 0.4) is 0 Å². The van der Waals surface area contributed by atoms with Gasteiger partial charge >= 0.3 is 23.5 Å². The number of Topliss-reactive ketones (excluding diaryl/α,β-unsaturated/α-hetero) is 1. The number of carbonyl (C=O) groups excluding carboxylic acids is 3. The molecule has 2 aromatic heterocycles. The van der Waals surface area contributed by atoms with Crippen LogP contribution in [0.1, 0.15) is 33.4 Å². The second-order valence-electron chi connectivity index (χ2n) is 11.8. The number of phosphoric acid groups is 3. The molecule has 2 aromatic rings. The first-order valence-electron chi connectivity index (χ1n) is 15.0. The monoisotopic (exact) mass is 823 g/mol. The number of aliphatic hydroxyl groups excluding tert-OH is 2. The van der Waals surface area contributed by atoms with Crippen molar-refractivity contribution < 1.29 is 80.5 Å². The number of rotatable bonds is 21. The van der Waals surface area contributed by atoms with Gasteiger partial charge in [-0.25, -0.2) is 28.6 Å². The molecule has 3 heterocycles. The number of ether oxygens (including phenoxy) is 1. The molecule has 294 valence electrons. The Labute approximate surface area is 299 Å². The number of ketones is 1. The first kappa shape index (κ1) is 44.0. The van der Waals surface area contributed by atoms with Crippen molar-refractivity contribution in [2.75, 3.05) is 43.5 Å². The molecule has 7 atom stereocenters. The maximum absolute atomic E-state index is 12.6. The SMILES string of the molecule is CC(=O)CSCCNC(=O)CCNC(=O)C(O)C(C)(C)COP(=O)(O)OP(=O)(O)OCC1OC(n2cnc3c(N)ncnc32)C(O)C1OP(=O)(O)O. The molecule has 0 aromatic carbocycles. The maximum Gasteiger partial charge on any atom is 0.481 e. The van der Waals surface area contributed by atoms with Crippen LogP contribution < -0.4 is 16.4 Å². The fraction of sp³-hybridized carbons (Fsp3) is 0.667. The predicted molar refractivity (Wildman–Crippen MR) is 178 cm³/mol. The number of aliphatic hydroxyl groups is 2. The van der Waals surface area contributed by atoms with Gasteiger partial charge < -0.3 is 50.9 Å². The van der Waals surface area contributed by atoms with E-state index in [1.807, 2.05) is 0 Å². The summed E-state index contributed by atoms with van der Waals surface area (Å²) >= 11 is 1.34. The summed E-state index contributed by atoms with van der Waals surface area (Å²) < 4.78 is 61.9. The number of hydrogen-bond donors (Lipinski definition) is 9. The third-order valence-electron chi connectivity index (χ3n) is 6.95. The summed E-state index contributed by atoms with van der Waals surface area (Å²) in [6.45, 7) is 2.07. The lowest BCUT2D eigenvalue weighted by atomic mass is 9.87. The van der Waals surface area contributed by atoms with Gasteiger partial charge in [0.25, 0.3) is 0 Å². The number of nitrogens with one attached hydrogen (secondary N) is 2. The van der Waals surface area contributed by atoms with E-state index in [0.717, 1.165) is 17.2 Å². The standard InChI is InChI=1S/C24H40N7O17P3S/c1-13(32)9-52-7-6-26-15(33)4-5-27-22(36)19(35)24(2,3)10-45-51(42,43)48-50(40,41)44-8-14-18(47-49(37,38)39)17(34)23(46-14)31-12-30-16-20(25)28-11-29-21(16)31/h11-12,14,17-19,23,34-35H,4-10H2,1-3H3,(H,26,33)(H,27,36)(H,40,41)(H,42,43)(H2,25,28,29)(H2,37,38,39). The molecule has 24 nitrogen and oxygen atoms in total. The summed E-state index contributed by atoms with van der Waals surface area (Å²) in [5.41, 5.74) is 4.27. The van der Waals surface area contributed by atoms with Gasteiger partial charge in [-0.3, -0.25) is 32.5 Å². The highest BCUT2D eigenvalue weighted by atomic mass is 32.2. The van der Waals surface area contributed by atoms with Crippen molar-refractivity contribution in [2.24, 2.45) is 5.41 Å². The number of amides is 2. The topological polar surface area (TPSA) is 364 Å². The molecular formula is C24H40N7O17P3S. The minimum atomic E-state index is -5.56. The van der Waals surface area contributed by atoms with Crippen molar-refractivity contribution in [3.05, 3.63) is 12.7 Å². The van der Waals surface area contributed by atoms with Crippen LogP contribution in [-0.2, 0) is 50.7 Å². The van der Waals surface area contributed by atoms with E-state index < -0.39 is 84.6 Å². The Morgan fingerprint density at radius 1 is 1.08 bits per heavy atom. The van der Waals surface area contributed by atoms with E-state index in [9.17, 15) is 57.9 Å². The summed E-state index contributed by atoms with van der Waals surface area (Å²) in [6.07, 6.45) is -6.85. The van der Waals surface area contributed by atoms with E-state index in [1.165, 1.54) is 32.5 Å². The number of carbonyl (C=O) groups is 3. The van der Waals surface area contributed by atoms with Gasteiger partial charge in [0.15, 0.2) is 17.7 Å². The Morgan fingerprint density at radius 2 is 1.75 bits per heavy atom. The van der Waals surface area contributed by atoms with Crippen LogP contribution in [-0.4, -0.2) is 129 Å². The normalized spacial score (nSPS) is 22.4. The molecule has 0 radical (unpaired) electrons. The summed E-state index contributed by atoms with van der Waals surface area (Å²) in [6, 6.07) is 0. The van der Waals surface area contributed by atoms with Crippen LogP contribution in [0.2, 0.25) is 0 Å². The van der Waals surface area contributed by atoms with Gasteiger partial charge in [0.1, 0.15) is 42.0 Å². The van der Waals surface area contributed by atoms with Crippen LogP contribution in [0.4, 0.5) is 5.82 Å². The highest BCUT2D eigenvalue weighted by Gasteiger charge is 2.50. The van der Waals surface area contributed by atoms with Crippen molar-refractivity contribution in [2.45, 2.75) is 57.8 Å². The molecule has 0 aliphatic carbocycles. The first-order valence-corrected chi connectivity index (χ1v) is 20.7. The van der Waals surface area contributed by atoms with Gasteiger partial charge in [-0.1, -0.05) is 13.8 Å². The Bertz CT molecular complexity index is 1730. The first-order chi connectivity index (χ1) is 24.0. The van der Waals surface area contributed by atoms with E-state index in [0.29, 0.717) is 18.1 Å².